The highest BCUT2D eigenvalue weighted by Crippen LogP contribution is 2.28. The van der Waals surface area contributed by atoms with Gasteiger partial charge in [0.1, 0.15) is 0 Å². The van der Waals surface area contributed by atoms with Crippen LogP contribution < -0.4 is 0 Å². The van der Waals surface area contributed by atoms with Crippen LogP contribution in [0.15, 0.2) is 66.9 Å². The molecule has 0 spiro atoms. The quantitative estimate of drug-likeness (QED) is 0.732. The second kappa shape index (κ2) is 8.39. The number of likely N-dealkylation sites (tertiary alicyclic amines) is 1. The maximum absolute atomic E-state index is 10.2. The van der Waals surface area contributed by atoms with E-state index in [1.807, 2.05) is 41.2 Å². The van der Waals surface area contributed by atoms with Crippen molar-refractivity contribution in [1.82, 2.24) is 14.7 Å². The predicted molar refractivity (Wildman–Crippen MR) is 106 cm³/mol. The van der Waals surface area contributed by atoms with Crippen molar-refractivity contribution in [1.29, 1.82) is 0 Å². The Morgan fingerprint density at radius 3 is 2.42 bits per heavy atom. The lowest BCUT2D eigenvalue weighted by Gasteiger charge is -2.16. The van der Waals surface area contributed by atoms with Crippen LogP contribution in [0.2, 0.25) is 0 Å². The van der Waals surface area contributed by atoms with Crippen LogP contribution in [0.3, 0.4) is 0 Å². The number of hydrogen-bond donors (Lipinski definition) is 1. The lowest BCUT2D eigenvalue weighted by molar-refractivity contribution is 0.305. The highest BCUT2D eigenvalue weighted by Gasteiger charge is 2.23. The van der Waals surface area contributed by atoms with Crippen LogP contribution in [-0.4, -0.2) is 32.9 Å². The van der Waals surface area contributed by atoms with Gasteiger partial charge in [0.05, 0.1) is 5.56 Å². The van der Waals surface area contributed by atoms with E-state index >= 15 is 0 Å². The minimum absolute atomic E-state index is 0. The zero-order valence-corrected chi connectivity index (χ0v) is 15.5. The Labute approximate surface area is 160 Å². The molecule has 0 bridgehead atoms. The van der Waals surface area contributed by atoms with E-state index in [9.17, 15) is 5.11 Å². The largest absolute Gasteiger partial charge is 0.492 e. The van der Waals surface area contributed by atoms with E-state index in [1.165, 1.54) is 12.0 Å². The summed E-state index contributed by atoms with van der Waals surface area (Å²) in [6.45, 7) is 4.07. The van der Waals surface area contributed by atoms with Gasteiger partial charge < -0.3 is 5.11 Å². The summed E-state index contributed by atoms with van der Waals surface area (Å²) in [7, 11) is 0. The molecule has 0 amide bonds. The van der Waals surface area contributed by atoms with Crippen molar-refractivity contribution in [3.05, 3.63) is 72.4 Å². The zero-order chi connectivity index (χ0) is 17.1. The van der Waals surface area contributed by atoms with E-state index in [1.54, 1.807) is 0 Å². The maximum Gasteiger partial charge on any atom is 0.238 e. The molecule has 2 aromatic carbocycles. The fourth-order valence-corrected chi connectivity index (χ4v) is 3.64. The molecule has 1 N–H and O–H groups in total. The molecule has 4 rings (SSSR count). The molecule has 0 aliphatic carbocycles. The maximum atomic E-state index is 10.2. The molecule has 4 nitrogen and oxygen atoms in total. The van der Waals surface area contributed by atoms with Gasteiger partial charge in [-0.15, -0.1) is 17.5 Å². The number of halogens is 1. The molecule has 1 aliphatic heterocycles. The smallest absolute Gasteiger partial charge is 0.238 e. The van der Waals surface area contributed by atoms with E-state index in [0.717, 1.165) is 37.3 Å². The summed E-state index contributed by atoms with van der Waals surface area (Å²) in [6.07, 6.45) is 3.14. The van der Waals surface area contributed by atoms with Crippen LogP contribution in [0, 0.1) is 5.92 Å². The number of aromatic nitrogens is 2. The fraction of sp³-hybridized carbons (Fsp3) is 0.286. The van der Waals surface area contributed by atoms with Crippen molar-refractivity contribution in [3.63, 3.8) is 0 Å². The summed E-state index contributed by atoms with van der Waals surface area (Å²) in [5.41, 5.74) is 3.18. The first kappa shape index (κ1) is 18.5. The van der Waals surface area contributed by atoms with Crippen molar-refractivity contribution in [2.24, 2.45) is 5.92 Å². The molecule has 0 saturated carbocycles. The minimum atomic E-state index is 0. The standard InChI is InChI=1S/C21H23N3O.ClH/c25-21-20(19-9-5-2-6-10-19)16-24(22-21)15-18-11-12-23(14-18)13-17-7-3-1-4-8-17;/h1-10,16,18H,11-15H2,(H,22,25);1H. The molecule has 3 aromatic rings. The third kappa shape index (κ3) is 4.26. The Bertz CT molecular complexity index is 820. The Balaban J connectivity index is 0.00000196. The minimum Gasteiger partial charge on any atom is -0.492 e. The van der Waals surface area contributed by atoms with Gasteiger partial charge in [-0.25, -0.2) is 0 Å². The molecule has 1 aliphatic rings. The Morgan fingerprint density at radius 2 is 1.69 bits per heavy atom. The zero-order valence-electron chi connectivity index (χ0n) is 14.7. The van der Waals surface area contributed by atoms with Gasteiger partial charge in [0.25, 0.3) is 0 Å². The molecule has 136 valence electrons. The first-order valence-corrected chi connectivity index (χ1v) is 8.86. The molecular weight excluding hydrogens is 346 g/mol. The molecule has 26 heavy (non-hydrogen) atoms. The van der Waals surface area contributed by atoms with Crippen LogP contribution in [-0.2, 0) is 13.1 Å². The van der Waals surface area contributed by atoms with Crippen molar-refractivity contribution in [2.45, 2.75) is 19.5 Å². The third-order valence-corrected chi connectivity index (χ3v) is 4.89. The van der Waals surface area contributed by atoms with Crippen LogP contribution >= 0.6 is 12.4 Å². The molecule has 1 atom stereocenters. The van der Waals surface area contributed by atoms with Crippen molar-refractivity contribution in [3.8, 4) is 17.0 Å². The van der Waals surface area contributed by atoms with Crippen LogP contribution in [0.25, 0.3) is 11.1 Å². The second-order valence-electron chi connectivity index (χ2n) is 6.83. The summed E-state index contributed by atoms with van der Waals surface area (Å²) in [4.78, 5) is 2.50. The molecular formula is C21H24ClN3O. The summed E-state index contributed by atoms with van der Waals surface area (Å²) < 4.78 is 1.90. The first-order valence-electron chi connectivity index (χ1n) is 8.86. The van der Waals surface area contributed by atoms with Crippen molar-refractivity contribution in [2.75, 3.05) is 13.1 Å². The first-order chi connectivity index (χ1) is 12.3. The number of nitrogens with zero attached hydrogens (tertiary/aromatic N) is 3. The fourth-order valence-electron chi connectivity index (χ4n) is 3.64. The van der Waals surface area contributed by atoms with Gasteiger partial charge in [-0.05, 0) is 30.0 Å². The predicted octanol–water partition coefficient (Wildman–Crippen LogP) is 4.20. The normalized spacial score (nSPS) is 17.2. The van der Waals surface area contributed by atoms with Gasteiger partial charge in [-0.2, -0.15) is 0 Å². The van der Waals surface area contributed by atoms with Crippen LogP contribution in [0.4, 0.5) is 0 Å². The van der Waals surface area contributed by atoms with E-state index in [-0.39, 0.29) is 18.3 Å². The molecule has 2 heterocycles. The van der Waals surface area contributed by atoms with E-state index in [4.69, 9.17) is 0 Å². The average Bonchev–Trinajstić information content (AvgIpc) is 3.23. The second-order valence-corrected chi connectivity index (χ2v) is 6.83. The molecule has 0 radical (unpaired) electrons. The van der Waals surface area contributed by atoms with Gasteiger partial charge in [-0.3, -0.25) is 9.58 Å². The van der Waals surface area contributed by atoms with E-state index < -0.39 is 0 Å². The van der Waals surface area contributed by atoms with E-state index in [2.05, 4.69) is 40.3 Å². The van der Waals surface area contributed by atoms with Crippen molar-refractivity contribution < 1.29 is 5.11 Å². The molecule has 1 aromatic heterocycles. The van der Waals surface area contributed by atoms with Crippen molar-refractivity contribution >= 4 is 12.4 Å². The molecule has 5 heteroatoms. The molecule has 1 fully saturated rings. The summed E-state index contributed by atoms with van der Waals surface area (Å²) in [5.74, 6) is 0.692. The van der Waals surface area contributed by atoms with Gasteiger partial charge in [0.2, 0.25) is 5.88 Å². The van der Waals surface area contributed by atoms with E-state index in [0.29, 0.717) is 5.92 Å². The number of aromatic hydroxyl groups is 1. The SMILES string of the molecule is Cl.Oc1nn(CC2CCN(Cc3ccccc3)C2)cc1-c1ccccc1. The summed E-state index contributed by atoms with van der Waals surface area (Å²) in [5, 5.41) is 14.5. The Kier molecular flexibility index (Phi) is 5.96. The highest BCUT2D eigenvalue weighted by molar-refractivity contribution is 5.85. The highest BCUT2D eigenvalue weighted by atomic mass is 35.5. The Morgan fingerprint density at radius 1 is 1.00 bits per heavy atom. The summed E-state index contributed by atoms with van der Waals surface area (Å²) in [6, 6.07) is 20.6. The monoisotopic (exact) mass is 369 g/mol. The summed E-state index contributed by atoms with van der Waals surface area (Å²) >= 11 is 0. The lowest BCUT2D eigenvalue weighted by atomic mass is 10.1. The van der Waals surface area contributed by atoms with Crippen LogP contribution in [0.5, 0.6) is 5.88 Å². The number of rotatable bonds is 5. The van der Waals surface area contributed by atoms with Gasteiger partial charge in [-0.1, -0.05) is 60.7 Å². The van der Waals surface area contributed by atoms with Gasteiger partial charge >= 0.3 is 0 Å². The molecule has 1 saturated heterocycles. The Hall–Kier alpha value is -2.30. The van der Waals surface area contributed by atoms with Crippen LogP contribution in [0.1, 0.15) is 12.0 Å². The molecule has 1 unspecified atom stereocenters. The number of hydrogen-bond acceptors (Lipinski definition) is 3. The van der Waals surface area contributed by atoms with Gasteiger partial charge in [0.15, 0.2) is 0 Å². The average molecular weight is 370 g/mol. The number of benzene rings is 2. The third-order valence-electron chi connectivity index (χ3n) is 4.89. The topological polar surface area (TPSA) is 41.3 Å². The lowest BCUT2D eigenvalue weighted by Crippen LogP contribution is -2.21. The van der Waals surface area contributed by atoms with Gasteiger partial charge in [0, 0.05) is 25.8 Å².